The van der Waals surface area contributed by atoms with Crippen LogP contribution < -0.4 is 4.90 Å². The lowest BCUT2D eigenvalue weighted by atomic mass is 9.81. The Morgan fingerprint density at radius 1 is 0.763 bits per heavy atom. The maximum absolute atomic E-state index is 12.2. The van der Waals surface area contributed by atoms with Gasteiger partial charge in [0.25, 0.3) is 10.1 Å². The summed E-state index contributed by atoms with van der Waals surface area (Å²) in [5.41, 5.74) is 8.23. The van der Waals surface area contributed by atoms with Crippen LogP contribution in [0.3, 0.4) is 0 Å². The average molecular weight is 840 g/mol. The summed E-state index contributed by atoms with van der Waals surface area (Å²) in [5, 5.41) is 12.6. The van der Waals surface area contributed by atoms with Crippen LogP contribution in [0.5, 0.6) is 0 Å². The van der Waals surface area contributed by atoms with Gasteiger partial charge in [-0.1, -0.05) is 85.6 Å². The number of anilines is 1. The number of carbonyl (C=O) groups excluding carboxylic acids is 2. The van der Waals surface area contributed by atoms with Crippen molar-refractivity contribution >= 4 is 51.2 Å². The van der Waals surface area contributed by atoms with Crippen molar-refractivity contribution in [1.82, 2.24) is 0 Å². The molecule has 2 aliphatic heterocycles. The van der Waals surface area contributed by atoms with Crippen molar-refractivity contribution in [3.8, 4) is 0 Å². The van der Waals surface area contributed by atoms with E-state index in [1.807, 2.05) is 105 Å². The third-order valence-corrected chi connectivity index (χ3v) is 12.2. The molecular weight excluding hydrogens is 793 g/mol. The summed E-state index contributed by atoms with van der Waals surface area (Å²) in [4.78, 5) is 26.4. The summed E-state index contributed by atoms with van der Waals surface area (Å²) < 4.78 is 50.9. The van der Waals surface area contributed by atoms with Crippen molar-refractivity contribution in [2.45, 2.75) is 74.2 Å². The highest BCUT2D eigenvalue weighted by Gasteiger charge is 2.45. The van der Waals surface area contributed by atoms with Crippen LogP contribution in [0, 0.1) is 0 Å². The largest absolute Gasteiger partial charge is 0.469 e. The number of fused-ring (bicyclic) bond motifs is 2. The molecular formula is C45H47N2O10S2+. The highest BCUT2D eigenvalue weighted by molar-refractivity contribution is 7.94. The molecule has 0 saturated carbocycles. The molecule has 2 N–H and O–H groups in total. The van der Waals surface area contributed by atoms with E-state index in [9.17, 15) is 22.6 Å². The Balaban J connectivity index is 1.33. The van der Waals surface area contributed by atoms with E-state index < -0.39 is 20.9 Å². The van der Waals surface area contributed by atoms with Gasteiger partial charge in [0.1, 0.15) is 0 Å². The Kier molecular flexibility index (Phi) is 13.1. The molecule has 59 heavy (non-hydrogen) atoms. The van der Waals surface area contributed by atoms with Gasteiger partial charge in [-0.3, -0.25) is 14.1 Å². The molecule has 2 aliphatic rings. The fraction of sp³-hybridized carbons (Fsp3) is 0.267. The van der Waals surface area contributed by atoms with Crippen molar-refractivity contribution in [2.24, 2.45) is 0 Å². The molecule has 0 bridgehead atoms. The zero-order valence-corrected chi connectivity index (χ0v) is 35.3. The highest BCUT2D eigenvalue weighted by Crippen LogP contribution is 2.49. The number of benzene rings is 4. The lowest BCUT2D eigenvalue weighted by molar-refractivity contribution is -0.455. The first-order valence-corrected chi connectivity index (χ1v) is 20.9. The van der Waals surface area contributed by atoms with E-state index in [4.69, 9.17) is 19.1 Å². The topological polar surface area (TPSA) is 152 Å². The van der Waals surface area contributed by atoms with Gasteiger partial charge in [0.15, 0.2) is 12.3 Å². The molecule has 4 aromatic rings. The molecule has 0 aromatic heterocycles. The lowest BCUT2D eigenvalue weighted by Gasteiger charge is -2.27. The van der Waals surface area contributed by atoms with Gasteiger partial charge in [-0.15, -0.1) is 4.33 Å². The predicted molar refractivity (Wildman–Crippen MR) is 225 cm³/mol. The van der Waals surface area contributed by atoms with E-state index in [2.05, 4.69) is 34.4 Å². The first-order chi connectivity index (χ1) is 28.1. The summed E-state index contributed by atoms with van der Waals surface area (Å²) in [7, 11) is -1.70. The van der Waals surface area contributed by atoms with Crippen LogP contribution in [0.4, 0.5) is 11.4 Å². The molecule has 0 radical (unpaired) electrons. The first-order valence-electron chi connectivity index (χ1n) is 18.8. The van der Waals surface area contributed by atoms with Gasteiger partial charge < -0.3 is 14.4 Å². The van der Waals surface area contributed by atoms with E-state index in [0.29, 0.717) is 13.1 Å². The molecule has 0 aliphatic carbocycles. The van der Waals surface area contributed by atoms with Crippen LogP contribution in [0.15, 0.2) is 131 Å². The van der Waals surface area contributed by atoms with E-state index in [1.54, 1.807) is 6.07 Å². The number of rotatable bonds is 15. The molecule has 12 nitrogen and oxygen atoms in total. The van der Waals surface area contributed by atoms with Crippen molar-refractivity contribution < 1.29 is 51.2 Å². The number of methoxy groups -OCH3 is 2. The SMILES string of the molecule is COC(=O)Cc1ccc(CN2/C(=C/C=C/C=C/C3=[N+](Cc4ccc(CC(=O)OC)cc4)c4ccc(SOOO)cc4C3(C)C)C(C)(C)c3cc(S(=O)(=O)O)ccc32)cc1. The highest BCUT2D eigenvalue weighted by atomic mass is 32.2. The summed E-state index contributed by atoms with van der Waals surface area (Å²) in [5.74, 6) is -0.623. The van der Waals surface area contributed by atoms with E-state index >= 15 is 0 Å². The Bertz CT molecular complexity index is 2470. The Morgan fingerprint density at radius 3 is 1.97 bits per heavy atom. The normalized spacial score (nSPS) is 16.3. The minimum absolute atomic E-state index is 0.166. The molecule has 0 saturated heterocycles. The van der Waals surface area contributed by atoms with E-state index in [0.717, 1.165) is 73.1 Å². The first kappa shape index (κ1) is 43.2. The fourth-order valence-electron chi connectivity index (χ4n) is 7.64. The zero-order chi connectivity index (χ0) is 42.5. The molecule has 2 heterocycles. The molecule has 308 valence electrons. The second-order valence-corrected chi connectivity index (χ2v) is 17.5. The van der Waals surface area contributed by atoms with Crippen molar-refractivity contribution in [2.75, 3.05) is 19.1 Å². The molecule has 14 heteroatoms. The second-order valence-electron chi connectivity index (χ2n) is 15.3. The third-order valence-electron chi connectivity index (χ3n) is 10.8. The molecule has 0 unspecified atom stereocenters. The third kappa shape index (κ3) is 9.59. The molecule has 4 aromatic carbocycles. The Labute approximate surface area is 348 Å². The summed E-state index contributed by atoms with van der Waals surface area (Å²) in [6.45, 7) is 9.36. The van der Waals surface area contributed by atoms with E-state index in [1.165, 1.54) is 26.4 Å². The minimum atomic E-state index is -4.43. The van der Waals surface area contributed by atoms with Crippen LogP contribution in [0.1, 0.15) is 61.1 Å². The number of carbonyl (C=O) groups is 2. The average Bonchev–Trinajstić information content (AvgIpc) is 3.54. The fourth-order valence-corrected chi connectivity index (χ4v) is 8.55. The molecule has 0 spiro atoms. The number of nitrogens with zero attached hydrogens (tertiary/aromatic N) is 2. The number of esters is 2. The second kappa shape index (κ2) is 17.9. The number of ether oxygens (including phenoxy) is 2. The van der Waals surface area contributed by atoms with Gasteiger partial charge in [-0.2, -0.15) is 13.0 Å². The van der Waals surface area contributed by atoms with Crippen molar-refractivity contribution in [3.63, 3.8) is 0 Å². The van der Waals surface area contributed by atoms with Crippen LogP contribution in [0.2, 0.25) is 0 Å². The molecule has 0 fully saturated rings. The minimum Gasteiger partial charge on any atom is -0.469 e. The standard InChI is InChI=1S/C45H46N2O10S2/c1-44(2)36-26-34(58-57-56-50)20-22-38(36)46(28-32-16-12-30(13-17-32)24-42(48)54-5)40(44)10-8-7-9-11-41-45(3,4)37-27-35(59(51,52)53)21-23-39(37)47(41)29-33-18-14-31(15-19-33)25-43(49)55-6/h7-23,26-27H,24-25,28-29H2,1-6H3,(H-,50,51,52,53)/p+1. The van der Waals surface area contributed by atoms with Gasteiger partial charge in [0.05, 0.1) is 49.4 Å². The smallest absolute Gasteiger partial charge is 0.309 e. The van der Waals surface area contributed by atoms with Crippen LogP contribution in [-0.2, 0) is 75.3 Å². The zero-order valence-electron chi connectivity index (χ0n) is 33.7. The van der Waals surface area contributed by atoms with E-state index in [-0.39, 0.29) is 29.7 Å². The number of hydrogen-bond acceptors (Lipinski definition) is 11. The summed E-state index contributed by atoms with van der Waals surface area (Å²) in [6.07, 6.45) is 10.4. The van der Waals surface area contributed by atoms with Gasteiger partial charge >= 0.3 is 11.9 Å². The quantitative estimate of drug-likeness (QED) is 0.0225. The van der Waals surface area contributed by atoms with Gasteiger partial charge in [-0.05, 0) is 72.5 Å². The summed E-state index contributed by atoms with van der Waals surface area (Å²) >= 11 is 0.903. The van der Waals surface area contributed by atoms with Gasteiger partial charge in [0, 0.05) is 51.5 Å². The lowest BCUT2D eigenvalue weighted by Crippen LogP contribution is -2.27. The Hall–Kier alpha value is -5.35. The van der Waals surface area contributed by atoms with Crippen LogP contribution in [-0.4, -0.2) is 54.7 Å². The summed E-state index contributed by atoms with van der Waals surface area (Å²) in [6, 6.07) is 26.2. The van der Waals surface area contributed by atoms with Gasteiger partial charge in [0.2, 0.25) is 5.69 Å². The number of allylic oxidation sites excluding steroid dienone is 6. The van der Waals surface area contributed by atoms with Crippen molar-refractivity contribution in [3.05, 3.63) is 154 Å². The maximum Gasteiger partial charge on any atom is 0.309 e. The van der Waals surface area contributed by atoms with Crippen LogP contribution >= 0.6 is 12.0 Å². The predicted octanol–water partition coefficient (Wildman–Crippen LogP) is 8.36. The van der Waals surface area contributed by atoms with Gasteiger partial charge in [-0.25, -0.2) is 5.26 Å². The monoisotopic (exact) mass is 839 g/mol. The Morgan fingerprint density at radius 2 is 1.37 bits per heavy atom. The molecule has 0 amide bonds. The maximum atomic E-state index is 12.2. The number of hydrogen-bond donors (Lipinski definition) is 2. The van der Waals surface area contributed by atoms with Crippen molar-refractivity contribution in [1.29, 1.82) is 0 Å². The molecule has 6 rings (SSSR count). The molecule has 0 atom stereocenters. The van der Waals surface area contributed by atoms with Crippen LogP contribution in [0.25, 0.3) is 0 Å².